The molecule has 1 aromatic heterocycles. The van der Waals surface area contributed by atoms with Gasteiger partial charge in [-0.15, -0.1) is 0 Å². The summed E-state index contributed by atoms with van der Waals surface area (Å²) < 4.78 is 37.0. The topological polar surface area (TPSA) is 86.9 Å². The molecule has 2 fully saturated rings. The van der Waals surface area contributed by atoms with Crippen LogP contribution in [0.15, 0.2) is 22.7 Å². The fourth-order valence-corrected chi connectivity index (χ4v) is 4.15. The Morgan fingerprint density at radius 2 is 1.94 bits per heavy atom. The largest absolute Gasteiger partial charge is 0.447 e. The van der Waals surface area contributed by atoms with Crippen LogP contribution in [0.2, 0.25) is 0 Å². The van der Waals surface area contributed by atoms with Crippen LogP contribution in [0.3, 0.4) is 0 Å². The second kappa shape index (κ2) is 8.92. The van der Waals surface area contributed by atoms with E-state index in [1.54, 1.807) is 17.0 Å². The van der Waals surface area contributed by atoms with Gasteiger partial charge in [-0.2, -0.15) is 4.98 Å². The van der Waals surface area contributed by atoms with Crippen molar-refractivity contribution in [1.29, 1.82) is 0 Å². The van der Waals surface area contributed by atoms with Gasteiger partial charge < -0.3 is 23.6 Å². The smallest absolute Gasteiger partial charge is 0.410 e. The van der Waals surface area contributed by atoms with Gasteiger partial charge in [-0.3, -0.25) is 0 Å². The lowest BCUT2D eigenvalue weighted by atomic mass is 9.84. The summed E-state index contributed by atoms with van der Waals surface area (Å²) in [6.45, 7) is 9.33. The molecule has 8 nitrogen and oxygen atoms in total. The monoisotopic (exact) mass is 433 g/mol. The molecule has 0 spiro atoms. The van der Waals surface area contributed by atoms with E-state index in [9.17, 15) is 9.18 Å². The highest BCUT2D eigenvalue weighted by atomic mass is 19.1. The molecule has 1 amide bonds. The fourth-order valence-electron chi connectivity index (χ4n) is 4.15. The van der Waals surface area contributed by atoms with E-state index in [4.69, 9.17) is 18.7 Å². The number of carbonyl (C=O) groups is 1. The lowest BCUT2D eigenvalue weighted by Crippen LogP contribution is -2.58. The first-order chi connectivity index (χ1) is 14.8. The van der Waals surface area contributed by atoms with E-state index in [1.165, 1.54) is 6.07 Å². The number of rotatable bonds is 5. The van der Waals surface area contributed by atoms with Crippen LogP contribution in [0.1, 0.15) is 38.3 Å². The minimum atomic E-state index is -0.475. The van der Waals surface area contributed by atoms with Crippen LogP contribution in [0.25, 0.3) is 11.4 Å². The number of likely N-dealkylation sites (tertiary alicyclic amines) is 1. The molecular formula is C22H28FN3O5. The lowest BCUT2D eigenvalue weighted by Gasteiger charge is -2.46. The van der Waals surface area contributed by atoms with Gasteiger partial charge in [-0.25, -0.2) is 9.18 Å². The Morgan fingerprint density at radius 3 is 2.58 bits per heavy atom. The number of benzene rings is 1. The molecule has 4 rings (SSSR count). The summed E-state index contributed by atoms with van der Waals surface area (Å²) in [4.78, 5) is 18.4. The highest BCUT2D eigenvalue weighted by Crippen LogP contribution is 2.34. The zero-order valence-electron chi connectivity index (χ0n) is 18.2. The molecule has 0 saturated carbocycles. The SMILES string of the molecule is Cc1ccc(-c2noc([C@@H](C)OC3C4COCC3CN(C(=O)OC(C)C)C4)n2)c(F)c1. The van der Waals surface area contributed by atoms with Crippen LogP contribution < -0.4 is 0 Å². The Balaban J connectivity index is 1.44. The van der Waals surface area contributed by atoms with Crippen LogP contribution in [0, 0.1) is 24.6 Å². The summed E-state index contributed by atoms with van der Waals surface area (Å²) in [5, 5.41) is 3.93. The van der Waals surface area contributed by atoms with Crippen LogP contribution in [-0.2, 0) is 14.2 Å². The van der Waals surface area contributed by atoms with Gasteiger partial charge in [-0.05, 0) is 45.4 Å². The molecule has 0 aliphatic carbocycles. The number of carbonyl (C=O) groups excluding carboxylic acids is 1. The number of amides is 1. The van der Waals surface area contributed by atoms with E-state index < -0.39 is 11.9 Å². The van der Waals surface area contributed by atoms with Crippen LogP contribution in [0.5, 0.6) is 0 Å². The van der Waals surface area contributed by atoms with Gasteiger partial charge in [0.05, 0.1) is 31.0 Å². The van der Waals surface area contributed by atoms with Gasteiger partial charge in [0, 0.05) is 24.9 Å². The highest BCUT2D eigenvalue weighted by Gasteiger charge is 2.44. The number of hydrogen-bond acceptors (Lipinski definition) is 7. The molecule has 2 saturated heterocycles. The second-order valence-electron chi connectivity index (χ2n) is 8.58. The molecule has 168 valence electrons. The maximum Gasteiger partial charge on any atom is 0.410 e. The number of fused-ring (bicyclic) bond motifs is 2. The molecule has 2 bridgehead atoms. The molecule has 9 heteroatoms. The van der Waals surface area contributed by atoms with E-state index in [0.717, 1.165) is 5.56 Å². The van der Waals surface area contributed by atoms with Gasteiger partial charge in [0.25, 0.3) is 5.89 Å². The number of hydrogen-bond donors (Lipinski definition) is 0. The summed E-state index contributed by atoms with van der Waals surface area (Å²) in [5.41, 5.74) is 1.11. The predicted octanol–water partition coefficient (Wildman–Crippen LogP) is 3.75. The Bertz CT molecular complexity index is 920. The number of nitrogens with zero attached hydrogens (tertiary/aromatic N) is 3. The van der Waals surface area contributed by atoms with Crippen molar-refractivity contribution in [2.45, 2.75) is 46.0 Å². The first kappa shape index (κ1) is 21.7. The summed E-state index contributed by atoms with van der Waals surface area (Å²) in [7, 11) is 0. The summed E-state index contributed by atoms with van der Waals surface area (Å²) >= 11 is 0. The predicted molar refractivity (Wildman–Crippen MR) is 109 cm³/mol. The number of aryl methyl sites for hydroxylation is 1. The summed E-state index contributed by atoms with van der Waals surface area (Å²) in [6.07, 6.45) is -1.06. The van der Waals surface area contributed by atoms with E-state index >= 15 is 0 Å². The number of aromatic nitrogens is 2. The van der Waals surface area contributed by atoms with E-state index in [0.29, 0.717) is 26.3 Å². The standard InChI is InChI=1S/C22H28FN3O5/c1-12(2)29-22(27)26-8-15-10-28-11-16(9-26)19(15)30-14(4)21-24-20(25-31-21)17-6-5-13(3)7-18(17)23/h5-7,12,14-16,19H,8-11H2,1-4H3/t14-,15?,16?,19?/m1/s1. The van der Waals surface area contributed by atoms with E-state index in [1.807, 2.05) is 27.7 Å². The number of piperidine rings is 1. The third-order valence-corrected chi connectivity index (χ3v) is 5.61. The molecule has 2 aromatic rings. The average Bonchev–Trinajstić information content (AvgIpc) is 3.17. The van der Waals surface area contributed by atoms with Crippen LogP contribution in [-0.4, -0.2) is 59.6 Å². The third kappa shape index (κ3) is 4.72. The summed E-state index contributed by atoms with van der Waals surface area (Å²) in [6, 6.07) is 4.87. The van der Waals surface area contributed by atoms with Crippen molar-refractivity contribution in [3.63, 3.8) is 0 Å². The molecule has 0 N–H and O–H groups in total. The Hall–Kier alpha value is -2.52. The van der Waals surface area contributed by atoms with Gasteiger partial charge in [-0.1, -0.05) is 11.2 Å². The Labute approximate surface area is 180 Å². The van der Waals surface area contributed by atoms with Crippen molar-refractivity contribution in [2.24, 2.45) is 11.8 Å². The van der Waals surface area contributed by atoms with Crippen molar-refractivity contribution in [3.05, 3.63) is 35.5 Å². The molecule has 2 aliphatic heterocycles. The normalized spacial score (nSPS) is 24.3. The van der Waals surface area contributed by atoms with Crippen molar-refractivity contribution in [2.75, 3.05) is 26.3 Å². The van der Waals surface area contributed by atoms with E-state index in [2.05, 4.69) is 10.1 Å². The zero-order valence-corrected chi connectivity index (χ0v) is 18.2. The lowest BCUT2D eigenvalue weighted by molar-refractivity contribution is -0.167. The van der Waals surface area contributed by atoms with Crippen molar-refractivity contribution >= 4 is 6.09 Å². The molecular weight excluding hydrogens is 405 g/mol. The molecule has 2 unspecified atom stereocenters. The second-order valence-corrected chi connectivity index (χ2v) is 8.58. The Morgan fingerprint density at radius 1 is 1.23 bits per heavy atom. The third-order valence-electron chi connectivity index (χ3n) is 5.61. The molecule has 0 radical (unpaired) electrons. The van der Waals surface area contributed by atoms with Gasteiger partial charge in [0.1, 0.15) is 11.9 Å². The van der Waals surface area contributed by atoms with Crippen LogP contribution in [0.4, 0.5) is 9.18 Å². The summed E-state index contributed by atoms with van der Waals surface area (Å²) in [5.74, 6) is 0.125. The maximum atomic E-state index is 14.2. The Kier molecular flexibility index (Phi) is 6.24. The van der Waals surface area contributed by atoms with Crippen molar-refractivity contribution < 1.29 is 27.9 Å². The van der Waals surface area contributed by atoms with Gasteiger partial charge in [0.15, 0.2) is 0 Å². The maximum absolute atomic E-state index is 14.2. The number of halogens is 1. The zero-order chi connectivity index (χ0) is 22.1. The van der Waals surface area contributed by atoms with Gasteiger partial charge >= 0.3 is 6.09 Å². The van der Waals surface area contributed by atoms with E-state index in [-0.39, 0.29) is 47.4 Å². The average molecular weight is 433 g/mol. The van der Waals surface area contributed by atoms with Gasteiger partial charge in [0.2, 0.25) is 5.82 Å². The first-order valence-corrected chi connectivity index (χ1v) is 10.6. The fraction of sp³-hybridized carbons (Fsp3) is 0.591. The number of ether oxygens (including phenoxy) is 3. The first-order valence-electron chi connectivity index (χ1n) is 10.6. The minimum Gasteiger partial charge on any atom is -0.447 e. The molecule has 2 aliphatic rings. The highest BCUT2D eigenvalue weighted by molar-refractivity contribution is 5.68. The molecule has 3 heterocycles. The molecule has 3 atom stereocenters. The minimum absolute atomic E-state index is 0.0200. The van der Waals surface area contributed by atoms with Crippen molar-refractivity contribution in [1.82, 2.24) is 15.0 Å². The van der Waals surface area contributed by atoms with Crippen LogP contribution >= 0.6 is 0 Å². The molecule has 31 heavy (non-hydrogen) atoms. The molecule has 1 aromatic carbocycles. The quantitative estimate of drug-likeness (QED) is 0.710. The van der Waals surface area contributed by atoms with Crippen molar-refractivity contribution in [3.8, 4) is 11.4 Å².